The number of hydrogen-bond donors (Lipinski definition) is 1. The molecular formula is C20H17N7O. The van der Waals surface area contributed by atoms with Gasteiger partial charge in [0, 0.05) is 34.6 Å². The summed E-state index contributed by atoms with van der Waals surface area (Å²) in [6, 6.07) is 12.2. The number of hydrogen-bond acceptors (Lipinski definition) is 5. The summed E-state index contributed by atoms with van der Waals surface area (Å²) < 4.78 is 9.34. The first-order chi connectivity index (χ1) is 13.8. The first-order valence-electron chi connectivity index (χ1n) is 8.78. The Hall–Kier alpha value is -3.94. The van der Waals surface area contributed by atoms with Crippen molar-refractivity contribution >= 4 is 10.9 Å². The SMILES string of the molecule is COc1ccc(-c2nccn2-c2ccc3cn[nH]c3c2)cc1Cn1cncn1. The van der Waals surface area contributed by atoms with E-state index < -0.39 is 0 Å². The molecular weight excluding hydrogens is 354 g/mol. The van der Waals surface area contributed by atoms with Crippen LogP contribution in [-0.4, -0.2) is 41.6 Å². The molecule has 0 saturated carbocycles. The fraction of sp³-hybridized carbons (Fsp3) is 0.100. The van der Waals surface area contributed by atoms with Gasteiger partial charge in [-0.3, -0.25) is 9.67 Å². The van der Waals surface area contributed by atoms with E-state index in [1.54, 1.807) is 24.3 Å². The van der Waals surface area contributed by atoms with Gasteiger partial charge in [-0.25, -0.2) is 14.6 Å². The van der Waals surface area contributed by atoms with Crippen LogP contribution in [0.2, 0.25) is 0 Å². The molecule has 0 fully saturated rings. The molecule has 0 saturated heterocycles. The quantitative estimate of drug-likeness (QED) is 0.513. The zero-order valence-electron chi connectivity index (χ0n) is 15.1. The van der Waals surface area contributed by atoms with Crippen molar-refractivity contribution in [3.8, 4) is 22.8 Å². The molecule has 5 rings (SSSR count). The Morgan fingerprint density at radius 2 is 2.11 bits per heavy atom. The number of benzene rings is 2. The van der Waals surface area contributed by atoms with E-state index in [-0.39, 0.29) is 0 Å². The second-order valence-electron chi connectivity index (χ2n) is 6.38. The summed E-state index contributed by atoms with van der Waals surface area (Å²) >= 11 is 0. The molecule has 8 nitrogen and oxygen atoms in total. The summed E-state index contributed by atoms with van der Waals surface area (Å²) in [4.78, 5) is 8.59. The first-order valence-corrected chi connectivity index (χ1v) is 8.78. The van der Waals surface area contributed by atoms with Gasteiger partial charge in [0.05, 0.1) is 25.4 Å². The van der Waals surface area contributed by atoms with E-state index in [2.05, 4.69) is 48.0 Å². The number of aromatic amines is 1. The summed E-state index contributed by atoms with van der Waals surface area (Å²) in [5.41, 5.74) is 3.99. The predicted molar refractivity (Wildman–Crippen MR) is 104 cm³/mol. The van der Waals surface area contributed by atoms with Crippen molar-refractivity contribution in [2.24, 2.45) is 0 Å². The molecule has 2 aromatic carbocycles. The van der Waals surface area contributed by atoms with E-state index in [4.69, 9.17) is 4.74 Å². The zero-order chi connectivity index (χ0) is 18.9. The molecule has 1 N–H and O–H groups in total. The number of nitrogens with one attached hydrogen (secondary N) is 1. The lowest BCUT2D eigenvalue weighted by Crippen LogP contribution is -2.03. The van der Waals surface area contributed by atoms with E-state index in [1.807, 2.05) is 30.6 Å². The highest BCUT2D eigenvalue weighted by molar-refractivity contribution is 5.80. The molecule has 5 aromatic rings. The highest BCUT2D eigenvalue weighted by Gasteiger charge is 2.12. The topological polar surface area (TPSA) is 86.4 Å². The van der Waals surface area contributed by atoms with Crippen LogP contribution in [0.25, 0.3) is 28.0 Å². The average Bonchev–Trinajstić information content (AvgIpc) is 3.48. The molecule has 3 aromatic heterocycles. The Labute approximate surface area is 160 Å². The van der Waals surface area contributed by atoms with Gasteiger partial charge in [0.1, 0.15) is 24.2 Å². The number of ether oxygens (including phenoxy) is 1. The van der Waals surface area contributed by atoms with Crippen molar-refractivity contribution in [2.45, 2.75) is 6.54 Å². The molecule has 8 heteroatoms. The minimum Gasteiger partial charge on any atom is -0.496 e. The minimum absolute atomic E-state index is 0.567. The summed E-state index contributed by atoms with van der Waals surface area (Å²) in [5, 5.41) is 12.4. The van der Waals surface area contributed by atoms with Crippen molar-refractivity contribution in [3.63, 3.8) is 0 Å². The molecule has 0 aliphatic rings. The molecule has 0 bridgehead atoms. The maximum Gasteiger partial charge on any atom is 0.144 e. The van der Waals surface area contributed by atoms with Crippen LogP contribution >= 0.6 is 0 Å². The molecule has 0 amide bonds. The number of aromatic nitrogens is 7. The van der Waals surface area contributed by atoms with Gasteiger partial charge in [0.15, 0.2) is 0 Å². The van der Waals surface area contributed by atoms with Crippen LogP contribution in [0, 0.1) is 0 Å². The van der Waals surface area contributed by atoms with Gasteiger partial charge in [-0.2, -0.15) is 10.2 Å². The third-order valence-corrected chi connectivity index (χ3v) is 4.68. The minimum atomic E-state index is 0.567. The molecule has 0 atom stereocenters. The van der Waals surface area contributed by atoms with Gasteiger partial charge in [0.25, 0.3) is 0 Å². The maximum absolute atomic E-state index is 5.52. The Morgan fingerprint density at radius 3 is 2.96 bits per heavy atom. The van der Waals surface area contributed by atoms with Crippen LogP contribution in [0.4, 0.5) is 0 Å². The van der Waals surface area contributed by atoms with Crippen molar-refractivity contribution in [2.75, 3.05) is 7.11 Å². The average molecular weight is 371 g/mol. The summed E-state index contributed by atoms with van der Waals surface area (Å²) in [7, 11) is 1.67. The standard InChI is InChI=1S/C20H17N7O/c1-28-19-5-3-14(8-16(19)11-26-13-21-12-24-26)20-22-6-7-27(20)17-4-2-15-10-23-25-18(15)9-17/h2-10,12-13H,11H2,1H3,(H,23,25). The van der Waals surface area contributed by atoms with Gasteiger partial charge >= 0.3 is 0 Å². The second kappa shape index (κ2) is 6.66. The van der Waals surface area contributed by atoms with Crippen molar-refractivity contribution in [1.29, 1.82) is 0 Å². The van der Waals surface area contributed by atoms with E-state index in [0.29, 0.717) is 6.54 Å². The Kier molecular flexibility index (Phi) is 3.86. The van der Waals surface area contributed by atoms with Crippen molar-refractivity contribution in [3.05, 3.63) is 73.2 Å². The van der Waals surface area contributed by atoms with Gasteiger partial charge in [-0.15, -0.1) is 0 Å². The van der Waals surface area contributed by atoms with E-state index >= 15 is 0 Å². The normalized spacial score (nSPS) is 11.2. The first kappa shape index (κ1) is 16.2. The van der Waals surface area contributed by atoms with Gasteiger partial charge in [-0.1, -0.05) is 0 Å². The van der Waals surface area contributed by atoms with Crippen LogP contribution < -0.4 is 4.74 Å². The smallest absolute Gasteiger partial charge is 0.144 e. The predicted octanol–water partition coefficient (Wildman–Crippen LogP) is 3.06. The Morgan fingerprint density at radius 1 is 1.14 bits per heavy atom. The van der Waals surface area contributed by atoms with Crippen LogP contribution in [0.5, 0.6) is 5.75 Å². The van der Waals surface area contributed by atoms with Crippen LogP contribution in [0.15, 0.2) is 67.6 Å². The molecule has 0 unspecified atom stereocenters. The lowest BCUT2D eigenvalue weighted by atomic mass is 10.1. The van der Waals surface area contributed by atoms with E-state index in [0.717, 1.165) is 39.3 Å². The highest BCUT2D eigenvalue weighted by Crippen LogP contribution is 2.28. The number of H-pyrrole nitrogens is 1. The largest absolute Gasteiger partial charge is 0.496 e. The van der Waals surface area contributed by atoms with E-state index in [9.17, 15) is 0 Å². The maximum atomic E-state index is 5.52. The lowest BCUT2D eigenvalue weighted by Gasteiger charge is -2.12. The Bertz CT molecular complexity index is 1240. The fourth-order valence-corrected chi connectivity index (χ4v) is 3.33. The second-order valence-corrected chi connectivity index (χ2v) is 6.38. The monoisotopic (exact) mass is 371 g/mol. The summed E-state index contributed by atoms with van der Waals surface area (Å²) in [5.74, 6) is 1.65. The van der Waals surface area contributed by atoms with Crippen LogP contribution in [-0.2, 0) is 6.54 Å². The number of imidazole rings is 1. The Balaban J connectivity index is 1.57. The van der Waals surface area contributed by atoms with Crippen molar-refractivity contribution in [1.82, 2.24) is 34.5 Å². The molecule has 28 heavy (non-hydrogen) atoms. The molecule has 0 aliphatic heterocycles. The number of fused-ring (bicyclic) bond motifs is 1. The molecule has 0 aliphatic carbocycles. The van der Waals surface area contributed by atoms with Crippen molar-refractivity contribution < 1.29 is 4.74 Å². The van der Waals surface area contributed by atoms with Crippen LogP contribution in [0.3, 0.4) is 0 Å². The lowest BCUT2D eigenvalue weighted by molar-refractivity contribution is 0.407. The number of rotatable bonds is 5. The molecule has 138 valence electrons. The molecule has 0 spiro atoms. The molecule has 3 heterocycles. The number of methoxy groups -OCH3 is 1. The third kappa shape index (κ3) is 2.81. The fourth-order valence-electron chi connectivity index (χ4n) is 3.33. The summed E-state index contributed by atoms with van der Waals surface area (Å²) in [6.45, 7) is 0.567. The summed E-state index contributed by atoms with van der Waals surface area (Å²) in [6.07, 6.45) is 8.77. The molecule has 0 radical (unpaired) electrons. The van der Waals surface area contributed by atoms with Gasteiger partial charge in [0.2, 0.25) is 0 Å². The van der Waals surface area contributed by atoms with Crippen LogP contribution in [0.1, 0.15) is 5.56 Å². The number of nitrogens with zero attached hydrogens (tertiary/aromatic N) is 6. The van der Waals surface area contributed by atoms with Gasteiger partial charge < -0.3 is 4.74 Å². The highest BCUT2D eigenvalue weighted by atomic mass is 16.5. The van der Waals surface area contributed by atoms with Gasteiger partial charge in [-0.05, 0) is 36.4 Å². The van der Waals surface area contributed by atoms with E-state index in [1.165, 1.54) is 6.33 Å². The third-order valence-electron chi connectivity index (χ3n) is 4.68. The zero-order valence-corrected chi connectivity index (χ0v) is 15.1.